The van der Waals surface area contributed by atoms with E-state index in [0.717, 1.165) is 6.08 Å². The number of esters is 1. The monoisotopic (exact) mass is 432 g/mol. The molecule has 164 valence electrons. The molecule has 0 heterocycles. The van der Waals surface area contributed by atoms with Gasteiger partial charge in [-0.1, -0.05) is 43.0 Å². The van der Waals surface area contributed by atoms with Gasteiger partial charge in [-0.25, -0.2) is 4.79 Å². The number of ketones is 1. The molecule has 0 bridgehead atoms. The molecule has 6 heteroatoms. The van der Waals surface area contributed by atoms with Gasteiger partial charge in [-0.15, -0.1) is 0 Å². The zero-order valence-electron chi connectivity index (χ0n) is 17.9. The van der Waals surface area contributed by atoms with Gasteiger partial charge in [-0.05, 0) is 37.6 Å². The molecule has 6 nitrogen and oxygen atoms in total. The van der Waals surface area contributed by atoms with Crippen molar-refractivity contribution in [1.29, 1.82) is 0 Å². The maximum atomic E-state index is 13.1. The van der Waals surface area contributed by atoms with E-state index in [1.165, 1.54) is 24.3 Å². The Kier molecular flexibility index (Phi) is 6.95. The summed E-state index contributed by atoms with van der Waals surface area (Å²) in [6.45, 7) is 7.30. The molecule has 0 aliphatic rings. The molecule has 0 aromatic heterocycles. The third kappa shape index (κ3) is 4.64. The van der Waals surface area contributed by atoms with Crippen LogP contribution in [-0.4, -0.2) is 28.6 Å². The molecule has 0 saturated carbocycles. The molecule has 0 saturated heterocycles. The first-order valence-corrected chi connectivity index (χ1v) is 10.1. The van der Waals surface area contributed by atoms with Gasteiger partial charge in [0.05, 0.1) is 17.7 Å². The number of ether oxygens (including phenoxy) is 2. The van der Waals surface area contributed by atoms with Crippen LogP contribution in [0.5, 0.6) is 17.2 Å². The molecule has 3 rings (SSSR count). The summed E-state index contributed by atoms with van der Waals surface area (Å²) in [5.74, 6) is -1.17. The average Bonchev–Trinajstić information content (AvgIpc) is 2.79. The van der Waals surface area contributed by atoms with Crippen molar-refractivity contribution in [3.63, 3.8) is 0 Å². The van der Waals surface area contributed by atoms with Crippen LogP contribution < -0.4 is 4.74 Å². The first-order chi connectivity index (χ1) is 15.4. The third-order valence-corrected chi connectivity index (χ3v) is 4.94. The minimum atomic E-state index is -0.600. The maximum Gasteiger partial charge on any atom is 0.330 e. The Morgan fingerprint density at radius 3 is 2.34 bits per heavy atom. The predicted octanol–water partition coefficient (Wildman–Crippen LogP) is 5.18. The van der Waals surface area contributed by atoms with Gasteiger partial charge in [-0.3, -0.25) is 4.79 Å². The summed E-state index contributed by atoms with van der Waals surface area (Å²) in [6.07, 6.45) is 0.492. The summed E-state index contributed by atoms with van der Waals surface area (Å²) in [6, 6.07) is 16.3. The molecule has 0 amide bonds. The van der Waals surface area contributed by atoms with Crippen LogP contribution in [0.2, 0.25) is 0 Å². The summed E-state index contributed by atoms with van der Waals surface area (Å²) in [5, 5.41) is 20.7. The van der Waals surface area contributed by atoms with Crippen LogP contribution in [0.1, 0.15) is 41.4 Å². The zero-order chi connectivity index (χ0) is 23.3. The minimum absolute atomic E-state index is 0.00972. The first-order valence-electron chi connectivity index (χ1n) is 10.1. The Morgan fingerprint density at radius 1 is 0.969 bits per heavy atom. The van der Waals surface area contributed by atoms with Gasteiger partial charge in [0.15, 0.2) is 5.78 Å². The highest BCUT2D eigenvalue weighted by atomic mass is 16.5. The second-order valence-electron chi connectivity index (χ2n) is 7.02. The molecule has 32 heavy (non-hydrogen) atoms. The lowest BCUT2D eigenvalue weighted by molar-refractivity contribution is -0.142. The van der Waals surface area contributed by atoms with E-state index in [9.17, 15) is 19.8 Å². The van der Waals surface area contributed by atoms with Crippen LogP contribution in [0, 0.1) is 0 Å². The van der Waals surface area contributed by atoms with Gasteiger partial charge in [-0.2, -0.15) is 0 Å². The van der Waals surface area contributed by atoms with Gasteiger partial charge in [0.1, 0.15) is 23.4 Å². The van der Waals surface area contributed by atoms with Gasteiger partial charge >= 0.3 is 5.97 Å². The van der Waals surface area contributed by atoms with Crippen molar-refractivity contribution >= 4 is 11.8 Å². The Morgan fingerprint density at radius 2 is 1.66 bits per heavy atom. The molecular weight excluding hydrogens is 408 g/mol. The molecule has 0 aliphatic carbocycles. The molecule has 3 aromatic carbocycles. The Bertz CT molecular complexity index is 1160. The predicted molar refractivity (Wildman–Crippen MR) is 121 cm³/mol. The Hall–Kier alpha value is -4.06. The number of phenolic OH excluding ortho intramolecular Hbond substituents is 2. The van der Waals surface area contributed by atoms with Crippen LogP contribution in [-0.2, 0) is 9.53 Å². The van der Waals surface area contributed by atoms with E-state index in [2.05, 4.69) is 6.58 Å². The van der Waals surface area contributed by atoms with Crippen LogP contribution in [0.3, 0.4) is 0 Å². The highest BCUT2D eigenvalue weighted by Crippen LogP contribution is 2.40. The van der Waals surface area contributed by atoms with Crippen molar-refractivity contribution in [2.45, 2.75) is 20.0 Å². The quantitative estimate of drug-likeness (QED) is 0.289. The van der Waals surface area contributed by atoms with E-state index >= 15 is 0 Å². The van der Waals surface area contributed by atoms with Crippen LogP contribution in [0.4, 0.5) is 0 Å². The molecule has 2 N–H and O–H groups in total. The van der Waals surface area contributed by atoms with E-state index in [-0.39, 0.29) is 22.6 Å². The van der Waals surface area contributed by atoms with Crippen LogP contribution >= 0.6 is 0 Å². The fourth-order valence-electron chi connectivity index (χ4n) is 3.43. The highest BCUT2D eigenvalue weighted by Gasteiger charge is 2.23. The van der Waals surface area contributed by atoms with E-state index < -0.39 is 17.9 Å². The number of benzene rings is 3. The normalized spacial score (nSPS) is 11.4. The topological polar surface area (TPSA) is 93.1 Å². The van der Waals surface area contributed by atoms with Crippen molar-refractivity contribution in [1.82, 2.24) is 0 Å². The fraction of sp³-hybridized carbons (Fsp3) is 0.154. The number of hydrogen-bond acceptors (Lipinski definition) is 6. The summed E-state index contributed by atoms with van der Waals surface area (Å²) in [4.78, 5) is 24.8. The van der Waals surface area contributed by atoms with Crippen LogP contribution in [0.15, 0.2) is 73.3 Å². The van der Waals surface area contributed by atoms with Crippen molar-refractivity contribution < 1.29 is 29.3 Å². The molecule has 1 unspecified atom stereocenters. The number of carbonyl (C=O) groups excluding carboxylic acids is 2. The largest absolute Gasteiger partial charge is 0.507 e. The summed E-state index contributed by atoms with van der Waals surface area (Å²) in [5.41, 5.74) is 1.98. The lowest BCUT2D eigenvalue weighted by Crippen LogP contribution is -2.08. The number of hydrogen-bond donors (Lipinski definition) is 2. The van der Waals surface area contributed by atoms with Gasteiger partial charge in [0.25, 0.3) is 0 Å². The number of para-hydroxylation sites is 1. The number of rotatable bonds is 8. The number of phenols is 2. The van der Waals surface area contributed by atoms with Gasteiger partial charge in [0.2, 0.25) is 0 Å². The lowest BCUT2D eigenvalue weighted by atomic mass is 9.92. The van der Waals surface area contributed by atoms with Gasteiger partial charge in [0, 0.05) is 23.3 Å². The Labute approximate surface area is 186 Å². The lowest BCUT2D eigenvalue weighted by Gasteiger charge is -2.20. The SMILES string of the molecule is C=CC(=O)OC(C)c1ccccc1-c1cc(C(=O)c2ccccc2O)c(O)cc1OCC. The molecule has 0 spiro atoms. The van der Waals surface area contributed by atoms with Crippen molar-refractivity contribution in [2.75, 3.05) is 6.61 Å². The summed E-state index contributed by atoms with van der Waals surface area (Å²) in [7, 11) is 0. The number of carbonyl (C=O) groups is 2. The third-order valence-electron chi connectivity index (χ3n) is 4.94. The van der Waals surface area contributed by atoms with Crippen LogP contribution in [0.25, 0.3) is 11.1 Å². The van der Waals surface area contributed by atoms with Crippen molar-refractivity contribution in [3.05, 3.63) is 90.0 Å². The minimum Gasteiger partial charge on any atom is -0.507 e. The van der Waals surface area contributed by atoms with E-state index in [1.807, 2.05) is 31.2 Å². The zero-order valence-corrected chi connectivity index (χ0v) is 17.9. The molecule has 0 aliphatic heterocycles. The first kappa shape index (κ1) is 22.6. The standard InChI is InChI=1S/C26H24O6/c1-4-25(29)32-16(3)17-10-6-7-11-18(17)20-14-21(23(28)15-24(20)31-5-2)26(30)19-12-8-9-13-22(19)27/h4,6-16,27-28H,1,5H2,2-3H3. The average molecular weight is 432 g/mol. The van der Waals surface area contributed by atoms with Gasteiger partial charge < -0.3 is 19.7 Å². The van der Waals surface area contributed by atoms with E-state index in [1.54, 1.807) is 19.1 Å². The highest BCUT2D eigenvalue weighted by molar-refractivity contribution is 6.13. The maximum absolute atomic E-state index is 13.1. The second kappa shape index (κ2) is 9.83. The summed E-state index contributed by atoms with van der Waals surface area (Å²) >= 11 is 0. The van der Waals surface area contributed by atoms with E-state index in [4.69, 9.17) is 9.47 Å². The second-order valence-corrected chi connectivity index (χ2v) is 7.02. The molecule has 0 fully saturated rings. The fourth-order valence-corrected chi connectivity index (χ4v) is 3.43. The van der Waals surface area contributed by atoms with Crippen molar-refractivity contribution in [2.24, 2.45) is 0 Å². The molecule has 0 radical (unpaired) electrons. The summed E-state index contributed by atoms with van der Waals surface area (Å²) < 4.78 is 11.1. The Balaban J connectivity index is 2.17. The molecular formula is C26H24O6. The van der Waals surface area contributed by atoms with Crippen molar-refractivity contribution in [3.8, 4) is 28.4 Å². The molecule has 1 atom stereocenters. The number of aromatic hydroxyl groups is 2. The molecule has 3 aromatic rings. The smallest absolute Gasteiger partial charge is 0.330 e. The van der Waals surface area contributed by atoms with E-state index in [0.29, 0.717) is 29.0 Å².